The zero-order chi connectivity index (χ0) is 37.2. The molecule has 3 amide bonds. The maximum Gasteiger partial charge on any atom is 0.407 e. The molecule has 4 atom stereocenters. The van der Waals surface area contributed by atoms with Gasteiger partial charge in [0.2, 0.25) is 5.91 Å². The Kier molecular flexibility index (Phi) is 11.2. The number of ether oxygens (including phenoxy) is 2. The molecule has 0 unspecified atom stereocenters. The molecule has 2 aliphatic heterocycles. The number of methoxy groups -OCH3 is 2. The maximum absolute atomic E-state index is 14.0. The summed E-state index contributed by atoms with van der Waals surface area (Å²) in [7, 11) is 2.57. The monoisotopic (exact) mass is 750 g/mol. The van der Waals surface area contributed by atoms with E-state index in [1.165, 1.54) is 14.2 Å². The molecule has 52 heavy (non-hydrogen) atoms. The van der Waals surface area contributed by atoms with Gasteiger partial charge in [-0.25, -0.2) is 19.6 Å². The summed E-state index contributed by atoms with van der Waals surface area (Å²) in [6.07, 6.45) is 5.28. The normalized spacial score (nSPS) is 19.9. The number of hydrogen-bond donors (Lipinski definition) is 5. The molecule has 2 aliphatic rings. The number of H-pyrrole nitrogens is 2. The number of thiophene rings is 2. The number of aromatic nitrogens is 4. The molecule has 6 heterocycles. The van der Waals surface area contributed by atoms with Crippen molar-refractivity contribution in [3.63, 3.8) is 0 Å². The van der Waals surface area contributed by atoms with Crippen LogP contribution >= 0.6 is 22.7 Å². The summed E-state index contributed by atoms with van der Waals surface area (Å²) in [5.41, 5.74) is 0.633. The van der Waals surface area contributed by atoms with Crippen LogP contribution in [0.25, 0.3) is 30.9 Å². The molecule has 0 bridgehead atoms. The molecule has 2 fully saturated rings. The van der Waals surface area contributed by atoms with Gasteiger partial charge in [0, 0.05) is 16.3 Å². The van der Waals surface area contributed by atoms with Crippen molar-refractivity contribution in [2.75, 3.05) is 27.3 Å². The van der Waals surface area contributed by atoms with Crippen LogP contribution in [0.4, 0.5) is 9.59 Å². The molecule has 0 saturated carbocycles. The number of carbonyl (C=O) groups excluding carboxylic acids is 4. The fourth-order valence-corrected chi connectivity index (χ4v) is 9.01. The molecule has 6 rings (SSSR count). The standard InChI is InChI=1S/C36H46N8O6S2/c1-19(2)28(42-34(47)49-5)30(45)36(14-8-15-39-36)33-38-18-22(41-33)25-11-13-27(52-25)26-12-10-24(51-26)21-17-37-31(40-21)23-9-7-16-44(23)32(46)29(20(3)4)43-35(48)50-6/h10-13,17-20,23,28-29,39H,7-9,14-16H2,1-6H3,(H,37,40)(H,38,41)(H,42,47)(H,43,48)/t23-,28-,29-,36+/m0/s1. The highest BCUT2D eigenvalue weighted by atomic mass is 32.1. The van der Waals surface area contributed by atoms with Crippen LogP contribution in [-0.4, -0.2) is 88.1 Å². The highest BCUT2D eigenvalue weighted by molar-refractivity contribution is 7.25. The highest BCUT2D eigenvalue weighted by Gasteiger charge is 2.49. The van der Waals surface area contributed by atoms with Gasteiger partial charge in [-0.3, -0.25) is 14.9 Å². The molecule has 14 nitrogen and oxygen atoms in total. The Morgan fingerprint density at radius 3 is 1.98 bits per heavy atom. The van der Waals surface area contributed by atoms with Crippen molar-refractivity contribution in [3.8, 4) is 30.9 Å². The number of amides is 3. The fourth-order valence-electron chi connectivity index (χ4n) is 6.98. The van der Waals surface area contributed by atoms with Gasteiger partial charge in [0.1, 0.15) is 23.2 Å². The number of hydrogen-bond acceptors (Lipinski definition) is 11. The molecule has 16 heteroatoms. The summed E-state index contributed by atoms with van der Waals surface area (Å²) >= 11 is 3.27. The van der Waals surface area contributed by atoms with Gasteiger partial charge in [-0.1, -0.05) is 27.7 Å². The summed E-state index contributed by atoms with van der Waals surface area (Å²) < 4.78 is 9.55. The molecule has 4 aromatic rings. The van der Waals surface area contributed by atoms with Gasteiger partial charge >= 0.3 is 12.2 Å². The number of likely N-dealkylation sites (tertiary alicyclic amines) is 1. The Morgan fingerprint density at radius 1 is 0.827 bits per heavy atom. The van der Waals surface area contributed by atoms with E-state index >= 15 is 0 Å². The van der Waals surface area contributed by atoms with E-state index < -0.39 is 29.8 Å². The first-order chi connectivity index (χ1) is 24.9. The minimum absolute atomic E-state index is 0.109. The van der Waals surface area contributed by atoms with Crippen LogP contribution in [-0.2, 0) is 24.6 Å². The van der Waals surface area contributed by atoms with Gasteiger partial charge in [0.25, 0.3) is 0 Å². The average molecular weight is 751 g/mol. The second-order valence-corrected chi connectivity index (χ2v) is 16.0. The number of alkyl carbamates (subject to hydrolysis) is 2. The number of aromatic amines is 2. The summed E-state index contributed by atoms with van der Waals surface area (Å²) in [5.74, 6) is 0.709. The van der Waals surface area contributed by atoms with Crippen LogP contribution in [0.3, 0.4) is 0 Å². The van der Waals surface area contributed by atoms with E-state index in [9.17, 15) is 19.2 Å². The topological polar surface area (TPSA) is 183 Å². The summed E-state index contributed by atoms with van der Waals surface area (Å²) in [4.78, 5) is 73.8. The van der Waals surface area contributed by atoms with E-state index in [1.54, 1.807) is 33.8 Å². The maximum atomic E-state index is 14.0. The second-order valence-electron chi connectivity index (χ2n) is 13.9. The lowest BCUT2D eigenvalue weighted by Crippen LogP contribution is -2.57. The van der Waals surface area contributed by atoms with Gasteiger partial charge in [-0.2, -0.15) is 0 Å². The molecular weight excluding hydrogens is 705 g/mol. The van der Waals surface area contributed by atoms with Crippen molar-refractivity contribution >= 4 is 46.6 Å². The van der Waals surface area contributed by atoms with E-state index in [1.807, 2.05) is 40.0 Å². The first-order valence-electron chi connectivity index (χ1n) is 17.6. The predicted octanol–water partition coefficient (Wildman–Crippen LogP) is 5.83. The quantitative estimate of drug-likeness (QED) is 0.119. The first-order valence-corrected chi connectivity index (χ1v) is 19.2. The third-order valence-corrected chi connectivity index (χ3v) is 12.2. The summed E-state index contributed by atoms with van der Waals surface area (Å²) in [5, 5.41) is 8.81. The molecule has 4 aromatic heterocycles. The van der Waals surface area contributed by atoms with Gasteiger partial charge in [0.15, 0.2) is 5.78 Å². The number of nitrogens with one attached hydrogen (secondary N) is 5. The molecule has 5 N–H and O–H groups in total. The smallest absolute Gasteiger partial charge is 0.407 e. The Labute approximate surface area is 310 Å². The predicted molar refractivity (Wildman–Crippen MR) is 199 cm³/mol. The van der Waals surface area contributed by atoms with Crippen molar-refractivity contribution in [1.82, 2.24) is 40.8 Å². The Bertz CT molecular complexity index is 1900. The number of rotatable bonds is 12. The van der Waals surface area contributed by atoms with E-state index in [-0.39, 0.29) is 29.6 Å². The van der Waals surface area contributed by atoms with Crippen LogP contribution in [0.2, 0.25) is 0 Å². The molecule has 0 spiro atoms. The van der Waals surface area contributed by atoms with Gasteiger partial charge < -0.3 is 35.0 Å². The molecular formula is C36H46N8O6S2. The SMILES string of the molecule is COC(=O)N[C@H](C(=O)N1CCC[C@H]1c1ncc(-c2ccc(-c3ccc(-c4cnc([C@]5(C(=O)[C@@H](NC(=O)OC)C(C)C)CCCN5)[nH]4)s3)s2)[nH]1)C(C)C. The third-order valence-electron chi connectivity index (χ3n) is 9.79. The number of ketones is 1. The second kappa shape index (κ2) is 15.6. The molecule has 0 aliphatic carbocycles. The van der Waals surface area contributed by atoms with Crippen LogP contribution in [0, 0.1) is 11.8 Å². The lowest BCUT2D eigenvalue weighted by molar-refractivity contribution is -0.135. The summed E-state index contributed by atoms with van der Waals surface area (Å²) in [6, 6.07) is 6.62. The number of nitrogens with zero attached hydrogens (tertiary/aromatic N) is 3. The minimum Gasteiger partial charge on any atom is -0.453 e. The van der Waals surface area contributed by atoms with Gasteiger partial charge in [0.05, 0.1) is 59.8 Å². The zero-order valence-corrected chi connectivity index (χ0v) is 31.8. The number of Topliss-reactive ketones (excluding diaryl/α,β-unsaturated/α-hetero) is 1. The zero-order valence-electron chi connectivity index (χ0n) is 30.2. The van der Waals surface area contributed by atoms with E-state index in [4.69, 9.17) is 9.47 Å². The van der Waals surface area contributed by atoms with E-state index in [0.717, 1.165) is 56.0 Å². The average Bonchev–Trinajstić information content (AvgIpc) is 3.98. The first kappa shape index (κ1) is 37.2. The Morgan fingerprint density at radius 2 is 1.40 bits per heavy atom. The van der Waals surface area contributed by atoms with Crippen LogP contribution in [0.15, 0.2) is 36.7 Å². The third kappa shape index (κ3) is 7.36. The van der Waals surface area contributed by atoms with Crippen molar-refractivity contribution in [2.24, 2.45) is 11.8 Å². The van der Waals surface area contributed by atoms with Crippen LogP contribution < -0.4 is 16.0 Å². The van der Waals surface area contributed by atoms with Crippen molar-refractivity contribution in [1.29, 1.82) is 0 Å². The molecule has 2 saturated heterocycles. The number of imidazole rings is 2. The Balaban J connectivity index is 1.17. The van der Waals surface area contributed by atoms with Crippen LogP contribution in [0.1, 0.15) is 71.1 Å². The van der Waals surface area contributed by atoms with Crippen molar-refractivity contribution in [2.45, 2.75) is 77.0 Å². The van der Waals surface area contributed by atoms with Gasteiger partial charge in [-0.05, 0) is 68.3 Å². The minimum atomic E-state index is -1.04. The number of carbonyl (C=O) groups is 4. The van der Waals surface area contributed by atoms with E-state index in [0.29, 0.717) is 25.3 Å². The van der Waals surface area contributed by atoms with Crippen LogP contribution in [0.5, 0.6) is 0 Å². The fraction of sp³-hybridized carbons (Fsp3) is 0.500. The lowest BCUT2D eigenvalue weighted by Gasteiger charge is -2.32. The van der Waals surface area contributed by atoms with E-state index in [2.05, 4.69) is 54.1 Å². The lowest BCUT2D eigenvalue weighted by atomic mass is 9.83. The summed E-state index contributed by atoms with van der Waals surface area (Å²) in [6.45, 7) is 8.84. The Hall–Kier alpha value is -4.54. The largest absolute Gasteiger partial charge is 0.453 e. The molecule has 0 aromatic carbocycles. The van der Waals surface area contributed by atoms with Gasteiger partial charge in [-0.15, -0.1) is 22.7 Å². The molecule has 278 valence electrons. The van der Waals surface area contributed by atoms with Crippen molar-refractivity contribution < 1.29 is 28.7 Å². The highest BCUT2D eigenvalue weighted by Crippen LogP contribution is 2.41. The molecule has 0 radical (unpaired) electrons. The van der Waals surface area contributed by atoms with Crippen molar-refractivity contribution in [3.05, 3.63) is 48.3 Å².